The van der Waals surface area contributed by atoms with Crippen molar-refractivity contribution in [2.75, 3.05) is 0 Å². The van der Waals surface area contributed by atoms with Gasteiger partial charge in [-0.3, -0.25) is 5.73 Å². The van der Waals surface area contributed by atoms with Crippen LogP contribution in [-0.2, 0) is 0 Å². The van der Waals surface area contributed by atoms with Crippen molar-refractivity contribution in [3.05, 3.63) is 0 Å². The van der Waals surface area contributed by atoms with Crippen LogP contribution in [0, 0.1) is 0 Å². The fourth-order valence-corrected chi connectivity index (χ4v) is 1.21. The van der Waals surface area contributed by atoms with Gasteiger partial charge >= 0.3 is 0 Å². The van der Waals surface area contributed by atoms with E-state index in [9.17, 15) is 0 Å². The summed E-state index contributed by atoms with van der Waals surface area (Å²) in [6, 6.07) is 0. The third-order valence-corrected chi connectivity index (χ3v) is 1.96. The molecule has 0 bridgehead atoms. The van der Waals surface area contributed by atoms with Gasteiger partial charge in [-0.25, -0.2) is 0 Å². The maximum atomic E-state index is 7.03. The van der Waals surface area contributed by atoms with Crippen LogP contribution >= 0.6 is 12.2 Å². The van der Waals surface area contributed by atoms with Crippen molar-refractivity contribution in [3.63, 3.8) is 0 Å². The second kappa shape index (κ2) is 7.99. The Bertz CT molecular complexity index is 102. The SMILES string of the molecule is CCCCCCCCC([NH])=S. The Balaban J connectivity index is 2.85. The van der Waals surface area contributed by atoms with Crippen LogP contribution in [0.3, 0.4) is 0 Å². The predicted molar refractivity (Wildman–Crippen MR) is 53.7 cm³/mol. The molecule has 0 aromatic rings. The number of hydrogen-bond acceptors (Lipinski definition) is 1. The molecular formula is C9H18NS. The lowest BCUT2D eigenvalue weighted by Gasteiger charge is -1.98. The van der Waals surface area contributed by atoms with E-state index in [1.807, 2.05) is 0 Å². The molecule has 0 atom stereocenters. The molecule has 1 nitrogen and oxygen atoms in total. The van der Waals surface area contributed by atoms with E-state index >= 15 is 0 Å². The molecule has 0 unspecified atom stereocenters. The minimum atomic E-state index is 0.417. The highest BCUT2D eigenvalue weighted by atomic mass is 32.1. The monoisotopic (exact) mass is 172 g/mol. The van der Waals surface area contributed by atoms with E-state index in [1.165, 1.54) is 32.1 Å². The molecule has 2 heteroatoms. The summed E-state index contributed by atoms with van der Waals surface area (Å²) in [7, 11) is 0. The van der Waals surface area contributed by atoms with E-state index in [2.05, 4.69) is 19.1 Å². The zero-order valence-electron chi connectivity index (χ0n) is 7.36. The molecular weight excluding hydrogens is 154 g/mol. The van der Waals surface area contributed by atoms with Crippen molar-refractivity contribution < 1.29 is 0 Å². The van der Waals surface area contributed by atoms with Gasteiger partial charge in [0.1, 0.15) is 0 Å². The lowest BCUT2D eigenvalue weighted by molar-refractivity contribution is 0.616. The molecule has 65 valence electrons. The Hall–Kier alpha value is -0.110. The van der Waals surface area contributed by atoms with Gasteiger partial charge in [0.05, 0.1) is 4.99 Å². The average Bonchev–Trinajstić information content (AvgIpc) is 1.96. The van der Waals surface area contributed by atoms with E-state index in [0.29, 0.717) is 4.99 Å². The number of hydrogen-bond donors (Lipinski definition) is 0. The summed E-state index contributed by atoms with van der Waals surface area (Å²) in [5.74, 6) is 0. The van der Waals surface area contributed by atoms with E-state index < -0.39 is 0 Å². The van der Waals surface area contributed by atoms with Crippen LogP contribution in [0.1, 0.15) is 51.9 Å². The van der Waals surface area contributed by atoms with Crippen molar-refractivity contribution in [1.82, 2.24) is 5.73 Å². The first-order chi connectivity index (χ1) is 5.27. The van der Waals surface area contributed by atoms with E-state index in [0.717, 1.165) is 12.8 Å². The van der Waals surface area contributed by atoms with Gasteiger partial charge in [0.2, 0.25) is 0 Å². The number of nitrogens with one attached hydrogen (secondary N) is 1. The van der Waals surface area contributed by atoms with Crippen LogP contribution in [0.5, 0.6) is 0 Å². The Kier molecular flexibility index (Phi) is 7.91. The summed E-state index contributed by atoms with van der Waals surface area (Å²) in [5, 5.41) is 0. The molecule has 0 aromatic carbocycles. The second-order valence-electron chi connectivity index (χ2n) is 2.94. The molecule has 0 aromatic heterocycles. The summed E-state index contributed by atoms with van der Waals surface area (Å²) in [6.45, 7) is 2.22. The smallest absolute Gasteiger partial charge is 0.0939 e. The van der Waals surface area contributed by atoms with Gasteiger partial charge in [-0.15, -0.1) is 0 Å². The predicted octanol–water partition coefficient (Wildman–Crippen LogP) is 3.35. The van der Waals surface area contributed by atoms with Crippen LogP contribution in [-0.4, -0.2) is 4.99 Å². The molecule has 0 amide bonds. The van der Waals surface area contributed by atoms with Gasteiger partial charge in [-0.05, 0) is 12.8 Å². The minimum Gasteiger partial charge on any atom is -0.294 e. The lowest BCUT2D eigenvalue weighted by Crippen LogP contribution is -1.93. The Morgan fingerprint density at radius 3 is 2.18 bits per heavy atom. The van der Waals surface area contributed by atoms with Crippen molar-refractivity contribution in [2.45, 2.75) is 51.9 Å². The van der Waals surface area contributed by atoms with Crippen molar-refractivity contribution in [3.8, 4) is 0 Å². The Morgan fingerprint density at radius 1 is 1.09 bits per heavy atom. The van der Waals surface area contributed by atoms with E-state index in [-0.39, 0.29) is 0 Å². The maximum Gasteiger partial charge on any atom is 0.0939 e. The first-order valence-electron chi connectivity index (χ1n) is 4.51. The molecule has 0 heterocycles. The topological polar surface area (TPSA) is 23.8 Å². The lowest BCUT2D eigenvalue weighted by atomic mass is 10.1. The molecule has 0 aliphatic heterocycles. The van der Waals surface area contributed by atoms with Crippen LogP contribution in [0.2, 0.25) is 0 Å². The molecule has 1 N–H and O–H groups in total. The molecule has 0 fully saturated rings. The van der Waals surface area contributed by atoms with Crippen molar-refractivity contribution in [1.29, 1.82) is 0 Å². The minimum absolute atomic E-state index is 0.417. The molecule has 0 rings (SSSR count). The highest BCUT2D eigenvalue weighted by molar-refractivity contribution is 7.80. The first kappa shape index (κ1) is 10.9. The number of unbranched alkanes of at least 4 members (excludes halogenated alkanes) is 5. The summed E-state index contributed by atoms with van der Waals surface area (Å²) < 4.78 is 0. The molecule has 0 aliphatic carbocycles. The fraction of sp³-hybridized carbons (Fsp3) is 0.889. The molecule has 0 spiro atoms. The standard InChI is InChI=1S/C9H18NS/c1-2-3-4-5-6-7-8-9(10)11/h10H,2-8H2,1H3. The van der Waals surface area contributed by atoms with Crippen LogP contribution in [0.25, 0.3) is 0 Å². The van der Waals surface area contributed by atoms with Crippen LogP contribution in [0.15, 0.2) is 0 Å². The summed E-state index contributed by atoms with van der Waals surface area (Å²) in [4.78, 5) is 0.417. The van der Waals surface area contributed by atoms with Gasteiger partial charge in [-0.1, -0.05) is 51.2 Å². The number of thiocarbonyl (C=S) groups is 1. The zero-order chi connectivity index (χ0) is 8.53. The fourth-order valence-electron chi connectivity index (χ4n) is 1.07. The second-order valence-corrected chi connectivity index (χ2v) is 3.43. The third kappa shape index (κ3) is 9.89. The maximum absolute atomic E-state index is 7.03. The average molecular weight is 172 g/mol. The van der Waals surface area contributed by atoms with Crippen molar-refractivity contribution in [2.24, 2.45) is 0 Å². The van der Waals surface area contributed by atoms with Crippen LogP contribution in [0.4, 0.5) is 0 Å². The van der Waals surface area contributed by atoms with Gasteiger partial charge in [0, 0.05) is 0 Å². The Labute approximate surface area is 75.4 Å². The molecule has 0 saturated heterocycles. The largest absolute Gasteiger partial charge is 0.294 e. The molecule has 0 saturated carbocycles. The zero-order valence-corrected chi connectivity index (χ0v) is 8.17. The highest BCUT2D eigenvalue weighted by Gasteiger charge is 1.91. The normalized spacial score (nSPS) is 9.91. The van der Waals surface area contributed by atoms with E-state index in [1.54, 1.807) is 0 Å². The quantitative estimate of drug-likeness (QED) is 0.427. The van der Waals surface area contributed by atoms with Gasteiger partial charge in [0.15, 0.2) is 0 Å². The third-order valence-electron chi connectivity index (χ3n) is 1.76. The molecule has 11 heavy (non-hydrogen) atoms. The van der Waals surface area contributed by atoms with Gasteiger partial charge in [-0.2, -0.15) is 0 Å². The first-order valence-corrected chi connectivity index (χ1v) is 4.92. The summed E-state index contributed by atoms with van der Waals surface area (Å²) >= 11 is 4.66. The highest BCUT2D eigenvalue weighted by Crippen LogP contribution is 2.06. The summed E-state index contributed by atoms with van der Waals surface area (Å²) in [5.41, 5.74) is 7.03. The van der Waals surface area contributed by atoms with Crippen LogP contribution < -0.4 is 5.73 Å². The molecule has 0 aliphatic rings. The van der Waals surface area contributed by atoms with Gasteiger partial charge in [0.25, 0.3) is 0 Å². The molecule has 1 radical (unpaired) electrons. The van der Waals surface area contributed by atoms with Crippen molar-refractivity contribution >= 4 is 17.2 Å². The Morgan fingerprint density at radius 2 is 1.64 bits per heavy atom. The van der Waals surface area contributed by atoms with Gasteiger partial charge < -0.3 is 0 Å². The number of rotatable bonds is 7. The van der Waals surface area contributed by atoms with E-state index in [4.69, 9.17) is 5.73 Å². The summed E-state index contributed by atoms with van der Waals surface area (Å²) in [6.07, 6.45) is 8.51.